The van der Waals surface area contributed by atoms with E-state index in [0.717, 1.165) is 11.1 Å². The molecule has 0 atom stereocenters. The molecule has 7 heteroatoms. The van der Waals surface area contributed by atoms with Crippen molar-refractivity contribution in [1.82, 2.24) is 15.1 Å². The van der Waals surface area contributed by atoms with Gasteiger partial charge in [-0.15, -0.1) is 0 Å². The molecule has 0 aliphatic rings. The highest BCUT2D eigenvalue weighted by Gasteiger charge is 2.04. The molecule has 1 heterocycles. The van der Waals surface area contributed by atoms with E-state index in [1.807, 2.05) is 59.4 Å². The van der Waals surface area contributed by atoms with Gasteiger partial charge in [-0.25, -0.2) is 0 Å². The first-order valence-electron chi connectivity index (χ1n) is 7.66. The Morgan fingerprint density at radius 2 is 1.80 bits per heavy atom. The molecule has 3 aromatic rings. The number of rotatable bonds is 5. The number of nitrogens with one attached hydrogen (secondary N) is 2. The zero-order chi connectivity index (χ0) is 17.6. The molecule has 128 valence electrons. The van der Waals surface area contributed by atoms with Crippen molar-refractivity contribution in [1.29, 1.82) is 0 Å². The molecule has 0 amide bonds. The summed E-state index contributed by atoms with van der Waals surface area (Å²) in [5.74, 6) is 0.686. The number of benzene rings is 2. The van der Waals surface area contributed by atoms with E-state index in [4.69, 9.17) is 35.4 Å². The largest absolute Gasteiger partial charge is 0.358 e. The average molecular weight is 391 g/mol. The molecule has 0 saturated heterocycles. The van der Waals surface area contributed by atoms with Crippen molar-refractivity contribution < 1.29 is 0 Å². The molecule has 3 rings (SSSR count). The van der Waals surface area contributed by atoms with Crippen molar-refractivity contribution >= 4 is 46.4 Å². The van der Waals surface area contributed by atoms with Crippen LogP contribution in [0.4, 0.5) is 5.82 Å². The summed E-state index contributed by atoms with van der Waals surface area (Å²) in [6, 6.07) is 17.5. The van der Waals surface area contributed by atoms with Crippen LogP contribution >= 0.6 is 35.4 Å². The molecule has 0 radical (unpaired) electrons. The first-order valence-corrected chi connectivity index (χ1v) is 8.83. The maximum absolute atomic E-state index is 6.04. The zero-order valence-electron chi connectivity index (χ0n) is 13.2. The summed E-state index contributed by atoms with van der Waals surface area (Å²) in [6.07, 6.45) is 1.88. The number of hydrogen-bond acceptors (Lipinski definition) is 2. The van der Waals surface area contributed by atoms with E-state index in [-0.39, 0.29) is 0 Å². The Labute approximate surface area is 161 Å². The van der Waals surface area contributed by atoms with Crippen molar-refractivity contribution in [3.63, 3.8) is 0 Å². The van der Waals surface area contributed by atoms with Crippen LogP contribution in [-0.4, -0.2) is 14.9 Å². The van der Waals surface area contributed by atoms with Crippen LogP contribution in [0, 0.1) is 0 Å². The van der Waals surface area contributed by atoms with Gasteiger partial charge in [-0.05, 0) is 35.5 Å². The Kier molecular flexibility index (Phi) is 5.91. The molecule has 0 saturated carbocycles. The fraction of sp³-hybridized carbons (Fsp3) is 0.111. The third-order valence-electron chi connectivity index (χ3n) is 3.51. The lowest BCUT2D eigenvalue weighted by atomic mass is 10.2. The standard InChI is InChI=1S/C18H16Cl2N4S/c19-15-7-6-14(10-16(15)20)12-24-9-8-17(23-24)22-18(25)21-11-13-4-2-1-3-5-13/h1-10H,11-12H2,(H2,21,22,23,25). The summed E-state index contributed by atoms with van der Waals surface area (Å²) in [5, 5.41) is 12.3. The van der Waals surface area contributed by atoms with Gasteiger partial charge in [-0.1, -0.05) is 59.6 Å². The molecule has 0 spiro atoms. The normalized spacial score (nSPS) is 10.5. The van der Waals surface area contributed by atoms with E-state index >= 15 is 0 Å². The zero-order valence-corrected chi connectivity index (χ0v) is 15.6. The Hall–Kier alpha value is -2.08. The molecule has 0 aliphatic heterocycles. The van der Waals surface area contributed by atoms with Gasteiger partial charge in [0.15, 0.2) is 10.9 Å². The Bertz CT molecular complexity index is 865. The topological polar surface area (TPSA) is 41.9 Å². The average Bonchev–Trinajstić information content (AvgIpc) is 3.04. The molecule has 0 unspecified atom stereocenters. The van der Waals surface area contributed by atoms with Crippen LogP contribution in [-0.2, 0) is 13.1 Å². The Morgan fingerprint density at radius 3 is 2.56 bits per heavy atom. The van der Waals surface area contributed by atoms with E-state index in [2.05, 4.69) is 15.7 Å². The van der Waals surface area contributed by atoms with Crippen molar-refractivity contribution in [2.75, 3.05) is 5.32 Å². The van der Waals surface area contributed by atoms with Gasteiger partial charge in [0.2, 0.25) is 0 Å². The lowest BCUT2D eigenvalue weighted by molar-refractivity contribution is 0.690. The summed E-state index contributed by atoms with van der Waals surface area (Å²) < 4.78 is 1.81. The van der Waals surface area contributed by atoms with Crippen LogP contribution in [0.1, 0.15) is 11.1 Å². The molecular weight excluding hydrogens is 375 g/mol. The van der Waals surface area contributed by atoms with E-state index in [1.165, 1.54) is 0 Å². The van der Waals surface area contributed by atoms with Crippen LogP contribution in [0.15, 0.2) is 60.8 Å². The van der Waals surface area contributed by atoms with Gasteiger partial charge in [-0.2, -0.15) is 5.10 Å². The molecular formula is C18H16Cl2N4S. The van der Waals surface area contributed by atoms with Gasteiger partial charge in [0.05, 0.1) is 16.6 Å². The minimum atomic E-state index is 0.531. The lowest BCUT2D eigenvalue weighted by Gasteiger charge is -2.08. The number of thiocarbonyl (C=S) groups is 1. The van der Waals surface area contributed by atoms with Gasteiger partial charge in [0.1, 0.15) is 0 Å². The summed E-state index contributed by atoms with van der Waals surface area (Å²) in [5.41, 5.74) is 2.19. The third kappa shape index (κ3) is 5.19. The summed E-state index contributed by atoms with van der Waals surface area (Å²) in [4.78, 5) is 0. The number of halogens is 2. The second-order valence-corrected chi connectivity index (χ2v) is 6.66. The second-order valence-electron chi connectivity index (χ2n) is 5.44. The maximum Gasteiger partial charge on any atom is 0.172 e. The molecule has 0 aliphatic carbocycles. The van der Waals surface area contributed by atoms with E-state index in [0.29, 0.717) is 34.1 Å². The highest BCUT2D eigenvalue weighted by Crippen LogP contribution is 2.23. The summed E-state index contributed by atoms with van der Waals surface area (Å²) >= 11 is 17.3. The number of aromatic nitrogens is 2. The first kappa shape index (κ1) is 17.7. The van der Waals surface area contributed by atoms with Gasteiger partial charge >= 0.3 is 0 Å². The minimum Gasteiger partial charge on any atom is -0.358 e. The Balaban J connectivity index is 1.54. The number of nitrogens with zero attached hydrogens (tertiary/aromatic N) is 2. The van der Waals surface area contributed by atoms with E-state index < -0.39 is 0 Å². The van der Waals surface area contributed by atoms with Crippen LogP contribution in [0.25, 0.3) is 0 Å². The van der Waals surface area contributed by atoms with Crippen LogP contribution in [0.5, 0.6) is 0 Å². The summed E-state index contributed by atoms with van der Waals surface area (Å²) in [7, 11) is 0. The predicted octanol–water partition coefficient (Wildman–Crippen LogP) is 4.72. The van der Waals surface area contributed by atoms with Gasteiger partial charge in [0, 0.05) is 18.8 Å². The second kappa shape index (κ2) is 8.34. The van der Waals surface area contributed by atoms with Crippen molar-refractivity contribution in [2.45, 2.75) is 13.1 Å². The van der Waals surface area contributed by atoms with E-state index in [9.17, 15) is 0 Å². The molecule has 2 aromatic carbocycles. The van der Waals surface area contributed by atoms with Crippen molar-refractivity contribution in [2.24, 2.45) is 0 Å². The smallest absolute Gasteiger partial charge is 0.172 e. The Morgan fingerprint density at radius 1 is 1.00 bits per heavy atom. The van der Waals surface area contributed by atoms with Gasteiger partial charge in [0.25, 0.3) is 0 Å². The third-order valence-corrected chi connectivity index (χ3v) is 4.49. The maximum atomic E-state index is 6.04. The molecule has 2 N–H and O–H groups in total. The molecule has 0 fully saturated rings. The molecule has 25 heavy (non-hydrogen) atoms. The minimum absolute atomic E-state index is 0.531. The van der Waals surface area contributed by atoms with Crippen LogP contribution in [0.2, 0.25) is 10.0 Å². The predicted molar refractivity (Wildman–Crippen MR) is 107 cm³/mol. The summed E-state index contributed by atoms with van der Waals surface area (Å²) in [6.45, 7) is 1.26. The monoisotopic (exact) mass is 390 g/mol. The molecule has 0 bridgehead atoms. The fourth-order valence-corrected chi connectivity index (χ4v) is 2.78. The highest BCUT2D eigenvalue weighted by atomic mass is 35.5. The quantitative estimate of drug-likeness (QED) is 0.618. The van der Waals surface area contributed by atoms with E-state index in [1.54, 1.807) is 6.07 Å². The number of anilines is 1. The number of hydrogen-bond donors (Lipinski definition) is 2. The SMILES string of the molecule is S=C(NCc1ccccc1)Nc1ccn(Cc2ccc(Cl)c(Cl)c2)n1. The molecule has 1 aromatic heterocycles. The van der Waals surface area contributed by atoms with Crippen molar-refractivity contribution in [3.8, 4) is 0 Å². The highest BCUT2D eigenvalue weighted by molar-refractivity contribution is 7.80. The fourth-order valence-electron chi connectivity index (χ4n) is 2.28. The van der Waals surface area contributed by atoms with Crippen molar-refractivity contribution in [3.05, 3.63) is 82.0 Å². The lowest BCUT2D eigenvalue weighted by Crippen LogP contribution is -2.28. The van der Waals surface area contributed by atoms with Crippen LogP contribution < -0.4 is 10.6 Å². The first-order chi connectivity index (χ1) is 12.1. The van der Waals surface area contributed by atoms with Gasteiger partial charge < -0.3 is 10.6 Å². The van der Waals surface area contributed by atoms with Gasteiger partial charge in [-0.3, -0.25) is 4.68 Å². The van der Waals surface area contributed by atoms with Crippen LogP contribution in [0.3, 0.4) is 0 Å². The molecule has 4 nitrogen and oxygen atoms in total.